The Labute approximate surface area is 181 Å². The number of β-amino-alcohol motifs (C(OH)–C–C–N with tert-alkyl or cyclic N) is 1. The highest BCUT2D eigenvalue weighted by Crippen LogP contribution is 2.30. The molecule has 3 fully saturated rings. The summed E-state index contributed by atoms with van der Waals surface area (Å²) in [5.74, 6) is 1.16. The Kier molecular flexibility index (Phi) is 6.78. The number of aliphatic hydroxyl groups is 1. The lowest BCUT2D eigenvalue weighted by atomic mass is 9.95. The summed E-state index contributed by atoms with van der Waals surface area (Å²) in [6, 6.07) is -0.601. The highest BCUT2D eigenvalue weighted by atomic mass is 16.5. The number of ether oxygens (including phenoxy) is 2. The summed E-state index contributed by atoms with van der Waals surface area (Å²) in [4.78, 5) is 27.0. The van der Waals surface area contributed by atoms with Gasteiger partial charge in [-0.15, -0.1) is 0 Å². The van der Waals surface area contributed by atoms with Crippen molar-refractivity contribution in [3.8, 4) is 0 Å². The van der Waals surface area contributed by atoms with E-state index in [0.717, 1.165) is 6.54 Å². The van der Waals surface area contributed by atoms with Crippen LogP contribution in [0.25, 0.3) is 0 Å². The molecule has 0 radical (unpaired) electrons. The first-order chi connectivity index (χ1) is 14.9. The number of carbonyl (C=O) groups is 2. The van der Waals surface area contributed by atoms with Gasteiger partial charge in [-0.3, -0.25) is 4.79 Å². The number of amides is 3. The molecule has 1 aromatic rings. The van der Waals surface area contributed by atoms with E-state index in [4.69, 9.17) is 14.0 Å². The second-order valence-electron chi connectivity index (χ2n) is 8.87. The molecule has 0 aromatic carbocycles. The molecule has 3 amide bonds. The second kappa shape index (κ2) is 9.54. The lowest BCUT2D eigenvalue weighted by Crippen LogP contribution is -2.58. The zero-order chi connectivity index (χ0) is 22.0. The number of aryl methyl sites for hydroxylation is 2. The van der Waals surface area contributed by atoms with Gasteiger partial charge in [-0.25, -0.2) is 4.79 Å². The Morgan fingerprint density at radius 2 is 2.00 bits per heavy atom. The molecule has 10 nitrogen and oxygen atoms in total. The van der Waals surface area contributed by atoms with E-state index in [1.165, 1.54) is 12.8 Å². The molecule has 3 aliphatic rings. The zero-order valence-electron chi connectivity index (χ0n) is 18.1. The zero-order valence-corrected chi connectivity index (χ0v) is 18.1. The van der Waals surface area contributed by atoms with Gasteiger partial charge in [-0.2, -0.15) is 0 Å². The molecule has 2 aliphatic heterocycles. The number of nitrogens with one attached hydrogen (secondary N) is 2. The fraction of sp³-hybridized carbons (Fsp3) is 0.762. The van der Waals surface area contributed by atoms with E-state index in [2.05, 4.69) is 15.8 Å². The molecule has 1 aromatic heterocycles. The van der Waals surface area contributed by atoms with Crippen LogP contribution >= 0.6 is 0 Å². The van der Waals surface area contributed by atoms with Gasteiger partial charge in [0, 0.05) is 6.54 Å². The number of carbonyl (C=O) groups excluding carboxylic acids is 2. The summed E-state index contributed by atoms with van der Waals surface area (Å²) < 4.78 is 16.9. The number of aromatic nitrogens is 1. The monoisotopic (exact) mass is 436 g/mol. The van der Waals surface area contributed by atoms with Crippen LogP contribution in [0.4, 0.5) is 10.5 Å². The summed E-state index contributed by atoms with van der Waals surface area (Å²) >= 11 is 0. The number of urea groups is 1. The SMILES string of the molecule is Cc1noc(C)c1NC(=O)N1C[C@@H](O)COC[C@@H]2O[C@@H](CC(=O)NCC3CC3)CC[C@H]21. The van der Waals surface area contributed by atoms with Gasteiger partial charge in [-0.05, 0) is 45.4 Å². The molecule has 0 spiro atoms. The highest BCUT2D eigenvalue weighted by molar-refractivity contribution is 5.90. The van der Waals surface area contributed by atoms with Crippen LogP contribution in [0.2, 0.25) is 0 Å². The van der Waals surface area contributed by atoms with E-state index < -0.39 is 6.10 Å². The molecule has 1 aliphatic carbocycles. The van der Waals surface area contributed by atoms with Gasteiger partial charge in [0.15, 0.2) is 5.76 Å². The van der Waals surface area contributed by atoms with Crippen LogP contribution in [0.1, 0.15) is 43.6 Å². The van der Waals surface area contributed by atoms with Crippen molar-refractivity contribution in [3.63, 3.8) is 0 Å². The average Bonchev–Trinajstić information content (AvgIpc) is 3.51. The lowest BCUT2D eigenvalue weighted by molar-refractivity contribution is -0.149. The Hall–Kier alpha value is -2.17. The standard InChI is InChI=1S/C21H32N4O6/c1-12-20(13(2)31-24-12)23-21(28)25-9-15(26)10-29-11-18-17(25)6-5-16(30-18)7-19(27)22-8-14-3-4-14/h14-18,26H,3-11H2,1-2H3,(H,22,27)(H,23,28)/t15-,16-,17-,18+/m1/s1. The highest BCUT2D eigenvalue weighted by Gasteiger charge is 2.40. The third-order valence-electron chi connectivity index (χ3n) is 6.21. The fourth-order valence-corrected chi connectivity index (χ4v) is 4.27. The largest absolute Gasteiger partial charge is 0.389 e. The minimum atomic E-state index is -0.790. The van der Waals surface area contributed by atoms with Crippen LogP contribution in [-0.2, 0) is 14.3 Å². The van der Waals surface area contributed by atoms with Crippen LogP contribution in [-0.4, -0.2) is 77.8 Å². The first kappa shape index (κ1) is 22.0. The van der Waals surface area contributed by atoms with Crippen molar-refractivity contribution < 1.29 is 28.7 Å². The van der Waals surface area contributed by atoms with Crippen molar-refractivity contribution in [2.45, 2.75) is 70.3 Å². The summed E-state index contributed by atoms with van der Waals surface area (Å²) in [7, 11) is 0. The summed E-state index contributed by atoms with van der Waals surface area (Å²) in [6.07, 6.45) is 2.66. The Bertz CT molecular complexity index is 775. The minimum absolute atomic E-state index is 0.00513. The summed E-state index contributed by atoms with van der Waals surface area (Å²) in [5, 5.41) is 20.0. The molecule has 3 heterocycles. The number of nitrogens with zero attached hydrogens (tertiary/aromatic N) is 2. The minimum Gasteiger partial charge on any atom is -0.389 e. The topological polar surface area (TPSA) is 126 Å². The third-order valence-corrected chi connectivity index (χ3v) is 6.21. The van der Waals surface area contributed by atoms with E-state index >= 15 is 0 Å². The van der Waals surface area contributed by atoms with Crippen molar-refractivity contribution in [1.82, 2.24) is 15.4 Å². The molecule has 0 bridgehead atoms. The molecule has 4 rings (SSSR count). The molecule has 31 heavy (non-hydrogen) atoms. The number of fused-ring (bicyclic) bond motifs is 1. The molecule has 2 saturated heterocycles. The van der Waals surface area contributed by atoms with Gasteiger partial charge < -0.3 is 34.6 Å². The Balaban J connectivity index is 1.40. The van der Waals surface area contributed by atoms with Crippen molar-refractivity contribution in [2.75, 3.05) is 31.6 Å². The number of hydrogen-bond donors (Lipinski definition) is 3. The van der Waals surface area contributed by atoms with E-state index in [1.54, 1.807) is 18.7 Å². The van der Waals surface area contributed by atoms with Crippen LogP contribution < -0.4 is 10.6 Å². The second-order valence-corrected chi connectivity index (χ2v) is 8.87. The van der Waals surface area contributed by atoms with Gasteiger partial charge in [0.2, 0.25) is 5.91 Å². The molecular formula is C21H32N4O6. The molecule has 10 heteroatoms. The predicted octanol–water partition coefficient (Wildman–Crippen LogP) is 1.35. The van der Waals surface area contributed by atoms with Gasteiger partial charge in [-0.1, -0.05) is 5.16 Å². The fourth-order valence-electron chi connectivity index (χ4n) is 4.27. The van der Waals surface area contributed by atoms with Crippen LogP contribution in [0.3, 0.4) is 0 Å². The molecular weight excluding hydrogens is 404 g/mol. The smallest absolute Gasteiger partial charge is 0.322 e. The van der Waals surface area contributed by atoms with E-state index in [1.807, 2.05) is 0 Å². The quantitative estimate of drug-likeness (QED) is 0.636. The maximum absolute atomic E-state index is 13.1. The van der Waals surface area contributed by atoms with Crippen molar-refractivity contribution in [3.05, 3.63) is 11.5 Å². The molecule has 0 unspecified atom stereocenters. The van der Waals surface area contributed by atoms with E-state index in [0.29, 0.717) is 42.3 Å². The number of aliphatic hydroxyl groups excluding tert-OH is 1. The maximum atomic E-state index is 13.1. The molecule has 3 N–H and O–H groups in total. The number of rotatable bonds is 5. The van der Waals surface area contributed by atoms with Gasteiger partial charge >= 0.3 is 6.03 Å². The third kappa shape index (κ3) is 5.55. The van der Waals surface area contributed by atoms with Crippen molar-refractivity contribution >= 4 is 17.6 Å². The molecule has 1 saturated carbocycles. The normalized spacial score (nSPS) is 28.9. The Morgan fingerprint density at radius 3 is 2.71 bits per heavy atom. The first-order valence-electron chi connectivity index (χ1n) is 11.1. The summed E-state index contributed by atoms with van der Waals surface area (Å²) in [5.41, 5.74) is 1.13. The van der Waals surface area contributed by atoms with E-state index in [-0.39, 0.29) is 49.9 Å². The van der Waals surface area contributed by atoms with Gasteiger partial charge in [0.25, 0.3) is 0 Å². The van der Waals surface area contributed by atoms with Crippen LogP contribution in [0.15, 0.2) is 4.52 Å². The van der Waals surface area contributed by atoms with Crippen molar-refractivity contribution in [1.29, 1.82) is 0 Å². The Morgan fingerprint density at radius 1 is 1.19 bits per heavy atom. The molecule has 4 atom stereocenters. The van der Waals surface area contributed by atoms with Crippen molar-refractivity contribution in [2.24, 2.45) is 5.92 Å². The predicted molar refractivity (Wildman–Crippen MR) is 111 cm³/mol. The van der Waals surface area contributed by atoms with Crippen LogP contribution in [0, 0.1) is 19.8 Å². The molecule has 172 valence electrons. The number of anilines is 1. The number of hydrogen-bond acceptors (Lipinski definition) is 7. The maximum Gasteiger partial charge on any atom is 0.322 e. The van der Waals surface area contributed by atoms with Crippen LogP contribution in [0.5, 0.6) is 0 Å². The average molecular weight is 437 g/mol. The van der Waals surface area contributed by atoms with E-state index in [9.17, 15) is 14.7 Å². The summed E-state index contributed by atoms with van der Waals surface area (Å²) in [6.45, 7) is 4.75. The lowest BCUT2D eigenvalue weighted by Gasteiger charge is -2.44. The van der Waals surface area contributed by atoms with Gasteiger partial charge in [0.05, 0.1) is 44.4 Å². The first-order valence-corrected chi connectivity index (χ1v) is 11.1. The van der Waals surface area contributed by atoms with Gasteiger partial charge in [0.1, 0.15) is 17.5 Å².